The van der Waals surface area contributed by atoms with E-state index < -0.39 is 0 Å². The predicted molar refractivity (Wildman–Crippen MR) is 179 cm³/mol. The summed E-state index contributed by atoms with van der Waals surface area (Å²) in [5, 5.41) is 0.187. The normalized spacial score (nSPS) is 26.1. The largest absolute Gasteiger partial charge is 0.256 e. The van der Waals surface area contributed by atoms with E-state index in [1.807, 2.05) is 11.8 Å². The van der Waals surface area contributed by atoms with Gasteiger partial charge in [0.1, 0.15) is 0 Å². The van der Waals surface area contributed by atoms with Crippen molar-refractivity contribution in [3.63, 3.8) is 0 Å². The van der Waals surface area contributed by atoms with Gasteiger partial charge in [0.15, 0.2) is 5.84 Å². The van der Waals surface area contributed by atoms with Crippen LogP contribution in [0.15, 0.2) is 136 Å². The van der Waals surface area contributed by atoms with Crippen LogP contribution in [0.3, 0.4) is 0 Å². The zero-order valence-corrected chi connectivity index (χ0v) is 25.0. The molecule has 3 heteroatoms. The molecular formula is C40H34N2S. The fraction of sp³-hybridized carbons (Fsp3) is 0.250. The summed E-state index contributed by atoms with van der Waals surface area (Å²) in [6.45, 7) is 0. The van der Waals surface area contributed by atoms with Crippen molar-refractivity contribution in [3.8, 4) is 0 Å². The van der Waals surface area contributed by atoms with E-state index in [1.54, 1.807) is 11.1 Å². The van der Waals surface area contributed by atoms with Crippen molar-refractivity contribution in [2.45, 2.75) is 59.6 Å². The molecule has 2 aliphatic heterocycles. The molecule has 0 N–H and O–H groups in total. The minimum Gasteiger partial charge on any atom is -0.256 e. The maximum atomic E-state index is 5.29. The van der Waals surface area contributed by atoms with Crippen molar-refractivity contribution >= 4 is 28.9 Å². The fourth-order valence-corrected chi connectivity index (χ4v) is 9.91. The van der Waals surface area contributed by atoms with Gasteiger partial charge in [0, 0.05) is 27.4 Å². The molecule has 0 bridgehead atoms. The summed E-state index contributed by atoms with van der Waals surface area (Å²) in [6.07, 6.45) is 14.3. The molecule has 0 radical (unpaired) electrons. The van der Waals surface area contributed by atoms with Gasteiger partial charge in [0.25, 0.3) is 0 Å². The van der Waals surface area contributed by atoms with Crippen molar-refractivity contribution < 1.29 is 0 Å². The third kappa shape index (κ3) is 4.01. The Bertz CT molecular complexity index is 1840. The molecule has 2 nitrogen and oxygen atoms in total. The van der Waals surface area contributed by atoms with Gasteiger partial charge >= 0.3 is 0 Å². The molecule has 210 valence electrons. The van der Waals surface area contributed by atoms with E-state index in [0.29, 0.717) is 17.3 Å². The van der Waals surface area contributed by atoms with E-state index in [0.717, 1.165) is 17.1 Å². The average Bonchev–Trinajstić information content (AvgIpc) is 3.59. The van der Waals surface area contributed by atoms with Crippen LogP contribution < -0.4 is 0 Å². The summed E-state index contributed by atoms with van der Waals surface area (Å²) < 4.78 is 0. The second kappa shape index (κ2) is 10.1. The summed E-state index contributed by atoms with van der Waals surface area (Å²) in [6, 6.07) is 37.7. The first kappa shape index (κ1) is 25.5. The Labute approximate surface area is 258 Å². The van der Waals surface area contributed by atoms with Gasteiger partial charge in [-0.05, 0) is 52.7 Å². The van der Waals surface area contributed by atoms with E-state index in [1.165, 1.54) is 59.3 Å². The van der Waals surface area contributed by atoms with E-state index in [2.05, 4.69) is 121 Å². The maximum Gasteiger partial charge on any atom is 0.155 e. The van der Waals surface area contributed by atoms with Gasteiger partial charge in [-0.2, -0.15) is 0 Å². The molecule has 0 aromatic heterocycles. The van der Waals surface area contributed by atoms with E-state index >= 15 is 0 Å². The highest BCUT2D eigenvalue weighted by atomic mass is 32.2. The Balaban J connectivity index is 1.06. The Hall–Kier alpha value is -3.95. The summed E-state index contributed by atoms with van der Waals surface area (Å²) in [7, 11) is 0. The number of rotatable bonds is 3. The molecule has 4 aromatic rings. The third-order valence-corrected chi connectivity index (χ3v) is 11.9. The van der Waals surface area contributed by atoms with Crippen LogP contribution in [0.5, 0.6) is 0 Å². The van der Waals surface area contributed by atoms with Crippen LogP contribution in [0.2, 0.25) is 0 Å². The molecule has 1 saturated carbocycles. The molecule has 4 unspecified atom stereocenters. The topological polar surface area (TPSA) is 24.7 Å². The summed E-state index contributed by atoms with van der Waals surface area (Å²) in [4.78, 5) is 11.7. The van der Waals surface area contributed by atoms with E-state index in [-0.39, 0.29) is 11.3 Å². The Morgan fingerprint density at radius 3 is 2.35 bits per heavy atom. The van der Waals surface area contributed by atoms with Crippen LogP contribution in [-0.2, 0) is 5.41 Å². The summed E-state index contributed by atoms with van der Waals surface area (Å²) in [5.41, 5.74) is 10.9. The average molecular weight is 575 g/mol. The third-order valence-electron chi connectivity index (χ3n) is 10.5. The molecular weight excluding hydrogens is 541 g/mol. The number of fused-ring (bicyclic) bond motifs is 8. The number of allylic oxidation sites excluding steroid dienone is 4. The number of nitrogens with zero attached hydrogens (tertiary/aromatic N) is 2. The molecule has 0 amide bonds. The van der Waals surface area contributed by atoms with Crippen LogP contribution in [0.25, 0.3) is 5.57 Å². The lowest BCUT2D eigenvalue weighted by molar-refractivity contribution is 0.233. The van der Waals surface area contributed by atoms with Gasteiger partial charge in [-0.3, -0.25) is 4.99 Å². The molecule has 1 spiro atoms. The number of hydrogen-bond donors (Lipinski definition) is 0. The quantitative estimate of drug-likeness (QED) is 0.239. The Kier molecular flexibility index (Phi) is 5.98. The van der Waals surface area contributed by atoms with Crippen LogP contribution in [0, 0.1) is 5.92 Å². The van der Waals surface area contributed by atoms with Crippen molar-refractivity contribution in [2.75, 3.05) is 0 Å². The number of hydrogen-bond acceptors (Lipinski definition) is 3. The van der Waals surface area contributed by atoms with E-state index in [9.17, 15) is 0 Å². The Morgan fingerprint density at radius 2 is 1.49 bits per heavy atom. The second-order valence-electron chi connectivity index (χ2n) is 12.8. The highest BCUT2D eigenvalue weighted by Crippen LogP contribution is 2.59. The predicted octanol–water partition coefficient (Wildman–Crippen LogP) is 9.72. The molecule has 9 rings (SSSR count). The zero-order chi connectivity index (χ0) is 28.4. The molecule has 3 aliphatic carbocycles. The number of amidine groups is 1. The lowest BCUT2D eigenvalue weighted by atomic mass is 9.63. The lowest BCUT2D eigenvalue weighted by Gasteiger charge is -2.41. The maximum absolute atomic E-state index is 5.29. The molecule has 4 aromatic carbocycles. The standard InChI is InChI=1S/C40H34N2S/c1-3-11-28(12-4-1)39-41-36(38-37(42-39)31-14-6-8-16-35(31)43-38)27-19-17-26(18-20-27)29-21-22-34-32(25-29)30-13-5-7-15-33(30)40(34)23-9-2-10-24-40/h1,3-8,11-22,25,32,34,36,38H,2,9-10,23-24H2. The molecule has 0 saturated heterocycles. The van der Waals surface area contributed by atoms with Gasteiger partial charge in [-0.1, -0.05) is 135 Å². The van der Waals surface area contributed by atoms with Gasteiger partial charge in [-0.25, -0.2) is 4.99 Å². The van der Waals surface area contributed by atoms with Gasteiger partial charge < -0.3 is 0 Å². The fourth-order valence-electron chi connectivity index (χ4n) is 8.54. The highest BCUT2D eigenvalue weighted by molar-refractivity contribution is 8.01. The van der Waals surface area contributed by atoms with Crippen LogP contribution in [0.1, 0.15) is 77.4 Å². The smallest absolute Gasteiger partial charge is 0.155 e. The number of benzene rings is 4. The first-order valence-corrected chi connectivity index (χ1v) is 16.7. The van der Waals surface area contributed by atoms with Gasteiger partial charge in [0.2, 0.25) is 0 Å². The van der Waals surface area contributed by atoms with Crippen LogP contribution in [-0.4, -0.2) is 16.8 Å². The highest BCUT2D eigenvalue weighted by Gasteiger charge is 2.51. The number of aliphatic imine (C=N–C) groups is 2. The molecule has 2 heterocycles. The molecule has 1 fully saturated rings. The second-order valence-corrected chi connectivity index (χ2v) is 13.9. The first-order chi connectivity index (χ1) is 21.3. The van der Waals surface area contributed by atoms with Crippen LogP contribution >= 0.6 is 11.8 Å². The monoisotopic (exact) mass is 574 g/mol. The van der Waals surface area contributed by atoms with Crippen molar-refractivity contribution in [1.29, 1.82) is 0 Å². The van der Waals surface area contributed by atoms with Crippen molar-refractivity contribution in [2.24, 2.45) is 15.9 Å². The molecule has 43 heavy (non-hydrogen) atoms. The summed E-state index contributed by atoms with van der Waals surface area (Å²) >= 11 is 1.91. The Morgan fingerprint density at radius 1 is 0.721 bits per heavy atom. The molecule has 5 aliphatic rings. The SMILES string of the molecule is C1=CC2C(C=C1c1ccc(C3N=C(c4ccccc4)N=C4c5ccccc5SC43)cc1)c1ccccc1C21CCCCC1. The zero-order valence-electron chi connectivity index (χ0n) is 24.2. The van der Waals surface area contributed by atoms with Crippen molar-refractivity contribution in [1.82, 2.24) is 0 Å². The van der Waals surface area contributed by atoms with Gasteiger partial charge in [0.05, 0.1) is 17.0 Å². The van der Waals surface area contributed by atoms with Crippen molar-refractivity contribution in [3.05, 3.63) is 155 Å². The molecule has 4 atom stereocenters. The van der Waals surface area contributed by atoms with Gasteiger partial charge in [-0.15, -0.1) is 11.8 Å². The summed E-state index contributed by atoms with van der Waals surface area (Å²) in [5.74, 6) is 1.89. The lowest BCUT2D eigenvalue weighted by Crippen LogP contribution is -2.34. The minimum atomic E-state index is 0.0160. The van der Waals surface area contributed by atoms with E-state index in [4.69, 9.17) is 9.98 Å². The number of thioether (sulfide) groups is 1. The minimum absolute atomic E-state index is 0.0160. The van der Waals surface area contributed by atoms with Crippen LogP contribution in [0.4, 0.5) is 0 Å². The first-order valence-electron chi connectivity index (χ1n) is 15.9.